The molecule has 0 aliphatic carbocycles. The molecule has 1 amide bonds. The van der Waals surface area contributed by atoms with Crippen LogP contribution in [0, 0.1) is 0 Å². The van der Waals surface area contributed by atoms with E-state index in [-0.39, 0.29) is 11.2 Å². The Morgan fingerprint density at radius 1 is 1.50 bits per heavy atom. The SMILES string of the molecule is CN(C=NOCc1ccccc1)C(=O)CBr. The fraction of sp³-hybridized carbons (Fsp3) is 0.273. The summed E-state index contributed by atoms with van der Waals surface area (Å²) >= 11 is 3.07. The van der Waals surface area contributed by atoms with Crippen LogP contribution in [-0.4, -0.2) is 29.5 Å². The van der Waals surface area contributed by atoms with Gasteiger partial charge in [0.1, 0.15) is 12.9 Å². The summed E-state index contributed by atoms with van der Waals surface area (Å²) in [5, 5.41) is 3.97. The molecule has 0 spiro atoms. The topological polar surface area (TPSA) is 41.9 Å². The molecule has 0 saturated carbocycles. The average Bonchev–Trinajstić information content (AvgIpc) is 2.34. The molecule has 0 aliphatic heterocycles. The zero-order chi connectivity index (χ0) is 11.8. The van der Waals surface area contributed by atoms with Gasteiger partial charge in [0.15, 0.2) is 0 Å². The van der Waals surface area contributed by atoms with Crippen molar-refractivity contribution in [2.75, 3.05) is 12.4 Å². The standard InChI is InChI=1S/C11H13BrN2O2/c1-14(11(15)7-12)9-13-16-8-10-5-3-2-4-6-10/h2-6,9H,7-8H2,1H3. The van der Waals surface area contributed by atoms with E-state index in [1.807, 2.05) is 30.3 Å². The van der Waals surface area contributed by atoms with Gasteiger partial charge in [-0.1, -0.05) is 51.4 Å². The lowest BCUT2D eigenvalue weighted by Gasteiger charge is -2.07. The molecule has 0 aromatic heterocycles. The Labute approximate surface area is 103 Å². The maximum Gasteiger partial charge on any atom is 0.238 e. The molecule has 0 fully saturated rings. The molecule has 1 aromatic carbocycles. The Hall–Kier alpha value is -1.36. The molecule has 1 rings (SSSR count). The van der Waals surface area contributed by atoms with Crippen LogP contribution in [0.5, 0.6) is 0 Å². The number of carbonyl (C=O) groups excluding carboxylic acids is 1. The second-order valence-corrected chi connectivity index (χ2v) is 3.68. The predicted molar refractivity (Wildman–Crippen MR) is 66.3 cm³/mol. The van der Waals surface area contributed by atoms with Gasteiger partial charge >= 0.3 is 0 Å². The third-order valence-electron chi connectivity index (χ3n) is 1.88. The number of hydrogen-bond acceptors (Lipinski definition) is 3. The maximum absolute atomic E-state index is 11.1. The van der Waals surface area contributed by atoms with Gasteiger partial charge in [-0.2, -0.15) is 0 Å². The first-order valence-electron chi connectivity index (χ1n) is 4.75. The highest BCUT2D eigenvalue weighted by Crippen LogP contribution is 2.00. The molecule has 0 unspecified atom stereocenters. The summed E-state index contributed by atoms with van der Waals surface area (Å²) in [6.07, 6.45) is 1.35. The van der Waals surface area contributed by atoms with E-state index in [4.69, 9.17) is 4.84 Å². The number of carbonyl (C=O) groups is 1. The van der Waals surface area contributed by atoms with Crippen molar-refractivity contribution in [1.82, 2.24) is 4.90 Å². The van der Waals surface area contributed by atoms with E-state index in [1.165, 1.54) is 11.2 Å². The Morgan fingerprint density at radius 2 is 2.19 bits per heavy atom. The van der Waals surface area contributed by atoms with Gasteiger partial charge in [0.2, 0.25) is 5.91 Å². The molecule has 1 aromatic rings. The largest absolute Gasteiger partial charge is 0.390 e. The fourth-order valence-corrected chi connectivity index (χ4v) is 1.34. The van der Waals surface area contributed by atoms with Gasteiger partial charge in [-0.25, -0.2) is 0 Å². The zero-order valence-electron chi connectivity index (χ0n) is 8.97. The Kier molecular flexibility index (Phi) is 5.56. The van der Waals surface area contributed by atoms with E-state index in [0.717, 1.165) is 5.56 Å². The third-order valence-corrected chi connectivity index (χ3v) is 2.36. The van der Waals surface area contributed by atoms with E-state index in [1.54, 1.807) is 7.05 Å². The number of nitrogens with zero attached hydrogens (tertiary/aromatic N) is 2. The average molecular weight is 285 g/mol. The Balaban J connectivity index is 2.30. The maximum atomic E-state index is 11.1. The van der Waals surface area contributed by atoms with Gasteiger partial charge < -0.3 is 9.74 Å². The number of benzene rings is 1. The molecular weight excluding hydrogens is 272 g/mol. The quantitative estimate of drug-likeness (QED) is 0.359. The van der Waals surface area contributed by atoms with Gasteiger partial charge in [-0.15, -0.1) is 0 Å². The normalized spacial score (nSPS) is 10.4. The van der Waals surface area contributed by atoms with E-state index < -0.39 is 0 Å². The second-order valence-electron chi connectivity index (χ2n) is 3.12. The second kappa shape index (κ2) is 7.00. The molecular formula is C11H13BrN2O2. The summed E-state index contributed by atoms with van der Waals surface area (Å²) < 4.78 is 0. The number of alkyl halides is 1. The molecule has 86 valence electrons. The van der Waals surface area contributed by atoms with Crippen molar-refractivity contribution >= 4 is 28.2 Å². The van der Waals surface area contributed by atoms with Crippen LogP contribution >= 0.6 is 15.9 Å². The van der Waals surface area contributed by atoms with Crippen molar-refractivity contribution in [2.45, 2.75) is 6.61 Å². The van der Waals surface area contributed by atoms with Crippen LogP contribution < -0.4 is 0 Å². The third kappa shape index (κ3) is 4.44. The first-order valence-corrected chi connectivity index (χ1v) is 5.87. The Morgan fingerprint density at radius 3 is 2.81 bits per heavy atom. The van der Waals surface area contributed by atoms with E-state index >= 15 is 0 Å². The van der Waals surface area contributed by atoms with Gasteiger partial charge in [0.25, 0.3) is 0 Å². The monoisotopic (exact) mass is 284 g/mol. The van der Waals surface area contributed by atoms with E-state index in [9.17, 15) is 4.79 Å². The first-order chi connectivity index (χ1) is 7.74. The van der Waals surface area contributed by atoms with Gasteiger partial charge in [0, 0.05) is 7.05 Å². The minimum absolute atomic E-state index is 0.0768. The summed E-state index contributed by atoms with van der Waals surface area (Å²) in [6.45, 7) is 0.397. The molecule has 0 heterocycles. The number of rotatable bonds is 5. The van der Waals surface area contributed by atoms with Crippen molar-refractivity contribution in [1.29, 1.82) is 0 Å². The van der Waals surface area contributed by atoms with Crippen molar-refractivity contribution in [3.8, 4) is 0 Å². The van der Waals surface area contributed by atoms with Crippen molar-refractivity contribution < 1.29 is 9.63 Å². The molecule has 4 nitrogen and oxygen atoms in total. The van der Waals surface area contributed by atoms with Gasteiger partial charge in [-0.05, 0) is 5.56 Å². The van der Waals surface area contributed by atoms with Crippen LogP contribution in [0.4, 0.5) is 0 Å². The minimum Gasteiger partial charge on any atom is -0.390 e. The summed E-state index contributed by atoms with van der Waals surface area (Å²) in [7, 11) is 1.62. The highest BCUT2D eigenvalue weighted by Gasteiger charge is 2.02. The predicted octanol–water partition coefficient (Wildman–Crippen LogP) is 2.00. The number of hydrogen-bond donors (Lipinski definition) is 0. The Bertz CT molecular complexity index is 354. The summed E-state index contributed by atoms with van der Waals surface area (Å²) in [5.74, 6) is -0.0768. The number of halogens is 1. The van der Waals surface area contributed by atoms with E-state index in [0.29, 0.717) is 6.61 Å². The van der Waals surface area contributed by atoms with Gasteiger partial charge in [0.05, 0.1) is 5.33 Å². The fourth-order valence-electron chi connectivity index (χ4n) is 0.949. The molecule has 0 atom stereocenters. The molecule has 0 aliphatic rings. The van der Waals surface area contributed by atoms with Gasteiger partial charge in [-0.3, -0.25) is 4.79 Å². The molecule has 0 N–H and O–H groups in total. The van der Waals surface area contributed by atoms with Crippen LogP contribution in [0.2, 0.25) is 0 Å². The highest BCUT2D eigenvalue weighted by atomic mass is 79.9. The summed E-state index contributed by atoms with van der Waals surface area (Å²) in [5.41, 5.74) is 1.04. The number of oxime groups is 1. The smallest absolute Gasteiger partial charge is 0.238 e. The lowest BCUT2D eigenvalue weighted by molar-refractivity contribution is -0.123. The van der Waals surface area contributed by atoms with Crippen molar-refractivity contribution in [3.63, 3.8) is 0 Å². The molecule has 16 heavy (non-hydrogen) atoms. The molecule has 0 bridgehead atoms. The lowest BCUT2D eigenvalue weighted by Crippen LogP contribution is -2.25. The zero-order valence-corrected chi connectivity index (χ0v) is 10.6. The van der Waals surface area contributed by atoms with Crippen LogP contribution in [0.1, 0.15) is 5.56 Å². The summed E-state index contributed by atoms with van der Waals surface area (Å²) in [4.78, 5) is 17.5. The minimum atomic E-state index is -0.0768. The van der Waals surface area contributed by atoms with Crippen molar-refractivity contribution in [3.05, 3.63) is 35.9 Å². The lowest BCUT2D eigenvalue weighted by atomic mass is 10.2. The van der Waals surface area contributed by atoms with Crippen LogP contribution in [0.3, 0.4) is 0 Å². The molecule has 0 saturated heterocycles. The van der Waals surface area contributed by atoms with Crippen molar-refractivity contribution in [2.24, 2.45) is 5.16 Å². The highest BCUT2D eigenvalue weighted by molar-refractivity contribution is 9.09. The van der Waals surface area contributed by atoms with Crippen LogP contribution in [0.15, 0.2) is 35.5 Å². The van der Waals surface area contributed by atoms with Crippen LogP contribution in [0.25, 0.3) is 0 Å². The number of amides is 1. The van der Waals surface area contributed by atoms with E-state index in [2.05, 4.69) is 21.1 Å². The summed E-state index contributed by atoms with van der Waals surface area (Å²) in [6, 6.07) is 9.70. The molecule has 0 radical (unpaired) electrons. The van der Waals surface area contributed by atoms with Crippen LogP contribution in [-0.2, 0) is 16.2 Å². The molecule has 5 heteroatoms. The first kappa shape index (κ1) is 12.7.